The summed E-state index contributed by atoms with van der Waals surface area (Å²) < 4.78 is 11.5. The highest BCUT2D eigenvalue weighted by Gasteiger charge is 2.25. The number of hydrogen-bond donors (Lipinski definition) is 2. The highest BCUT2D eigenvalue weighted by molar-refractivity contribution is 5.99. The molecule has 0 radical (unpaired) electrons. The van der Waals surface area contributed by atoms with Crippen LogP contribution in [0.2, 0.25) is 0 Å². The van der Waals surface area contributed by atoms with Gasteiger partial charge in [0.1, 0.15) is 12.4 Å². The first-order chi connectivity index (χ1) is 12.3. The van der Waals surface area contributed by atoms with Crippen molar-refractivity contribution >= 4 is 17.5 Å². The Morgan fingerprint density at radius 1 is 1.38 bits per heavy atom. The number of carbonyl (C=O) groups excluding carboxylic acids is 2. The lowest BCUT2D eigenvalue weighted by molar-refractivity contribution is -0.114. The van der Waals surface area contributed by atoms with Gasteiger partial charge in [0.15, 0.2) is 0 Å². The molecule has 1 aliphatic heterocycles. The molecule has 1 aliphatic rings. The molecule has 3 atom stereocenters. The Kier molecular flexibility index (Phi) is 6.99. The van der Waals surface area contributed by atoms with Crippen molar-refractivity contribution in [2.24, 2.45) is 5.92 Å². The molecule has 2 amide bonds. The molecule has 2 rings (SSSR count). The van der Waals surface area contributed by atoms with Crippen LogP contribution >= 0.6 is 0 Å². The van der Waals surface area contributed by atoms with Gasteiger partial charge in [-0.15, -0.1) is 0 Å². The second kappa shape index (κ2) is 9.00. The van der Waals surface area contributed by atoms with E-state index in [2.05, 4.69) is 17.6 Å². The maximum atomic E-state index is 13.0. The summed E-state index contributed by atoms with van der Waals surface area (Å²) in [7, 11) is 3.42. The first-order valence-corrected chi connectivity index (χ1v) is 8.88. The summed E-state index contributed by atoms with van der Waals surface area (Å²) in [5.41, 5.74) is 0.991. The van der Waals surface area contributed by atoms with Crippen LogP contribution in [0, 0.1) is 5.92 Å². The van der Waals surface area contributed by atoms with Gasteiger partial charge in [-0.05, 0) is 31.0 Å². The molecule has 0 saturated heterocycles. The maximum Gasteiger partial charge on any atom is 0.257 e. The summed E-state index contributed by atoms with van der Waals surface area (Å²) in [6.45, 7) is 7.26. The predicted molar refractivity (Wildman–Crippen MR) is 101 cm³/mol. The molecule has 7 nitrogen and oxygen atoms in total. The quantitative estimate of drug-likeness (QED) is 0.837. The summed E-state index contributed by atoms with van der Waals surface area (Å²) >= 11 is 0. The van der Waals surface area contributed by atoms with E-state index in [0.717, 1.165) is 6.54 Å². The molecule has 0 unspecified atom stereocenters. The van der Waals surface area contributed by atoms with Crippen LogP contribution in [-0.4, -0.2) is 62.7 Å². The fourth-order valence-corrected chi connectivity index (χ4v) is 2.94. The fourth-order valence-electron chi connectivity index (χ4n) is 2.94. The lowest BCUT2D eigenvalue weighted by Gasteiger charge is -2.30. The molecule has 0 aromatic heterocycles. The molecule has 0 saturated carbocycles. The van der Waals surface area contributed by atoms with Crippen LogP contribution < -0.4 is 15.4 Å². The third kappa shape index (κ3) is 5.19. The first-order valence-electron chi connectivity index (χ1n) is 8.88. The van der Waals surface area contributed by atoms with Gasteiger partial charge in [-0.25, -0.2) is 0 Å². The number of benzene rings is 1. The molecule has 26 heavy (non-hydrogen) atoms. The summed E-state index contributed by atoms with van der Waals surface area (Å²) in [6.07, 6.45) is -0.0778. The van der Waals surface area contributed by atoms with Gasteiger partial charge >= 0.3 is 0 Å². The Labute approximate surface area is 155 Å². The molecule has 0 bridgehead atoms. The lowest BCUT2D eigenvalue weighted by atomic mass is 10.0. The third-order valence-electron chi connectivity index (χ3n) is 4.55. The van der Waals surface area contributed by atoms with Gasteiger partial charge in [0.25, 0.3) is 5.91 Å². The highest BCUT2D eigenvalue weighted by Crippen LogP contribution is 2.25. The van der Waals surface area contributed by atoms with Crippen molar-refractivity contribution in [2.75, 3.05) is 39.2 Å². The van der Waals surface area contributed by atoms with Crippen molar-refractivity contribution in [2.45, 2.75) is 32.9 Å². The van der Waals surface area contributed by atoms with Crippen molar-refractivity contribution in [3.63, 3.8) is 0 Å². The molecular weight excluding hydrogens is 334 g/mol. The molecule has 2 N–H and O–H groups in total. The number of nitrogens with zero attached hydrogens (tertiary/aromatic N) is 1. The SMILES string of the molecule is CO[C@@H]1CN(C)C(=O)c2cc(NC(C)=O)ccc2OC[C@@H](C)NC[C@@H]1C. The number of rotatable bonds is 2. The number of ether oxygens (including phenoxy) is 2. The molecule has 7 heteroatoms. The molecule has 1 aromatic rings. The molecular formula is C19H29N3O4. The minimum atomic E-state index is -0.189. The van der Waals surface area contributed by atoms with E-state index in [0.29, 0.717) is 30.2 Å². The van der Waals surface area contributed by atoms with E-state index in [1.165, 1.54) is 6.92 Å². The Morgan fingerprint density at radius 2 is 2.12 bits per heavy atom. The van der Waals surface area contributed by atoms with Gasteiger partial charge in [0.2, 0.25) is 5.91 Å². The largest absolute Gasteiger partial charge is 0.491 e. The van der Waals surface area contributed by atoms with Gasteiger partial charge in [0.05, 0.1) is 11.7 Å². The van der Waals surface area contributed by atoms with Crippen molar-refractivity contribution in [3.05, 3.63) is 23.8 Å². The van der Waals surface area contributed by atoms with Gasteiger partial charge in [0, 0.05) is 45.9 Å². The zero-order chi connectivity index (χ0) is 19.3. The average molecular weight is 363 g/mol. The second-order valence-electron chi connectivity index (χ2n) is 6.95. The molecule has 0 fully saturated rings. The minimum absolute atomic E-state index is 0.0778. The number of anilines is 1. The van der Waals surface area contributed by atoms with Crippen LogP contribution in [0.25, 0.3) is 0 Å². The smallest absolute Gasteiger partial charge is 0.257 e. The number of carbonyl (C=O) groups is 2. The van der Waals surface area contributed by atoms with Crippen LogP contribution in [0.15, 0.2) is 18.2 Å². The standard InChI is InChI=1S/C19H29N3O4/c1-12-9-20-13(2)11-26-17-7-6-15(21-14(3)23)8-16(17)19(24)22(4)10-18(12)25-5/h6-8,12-13,18,20H,9-11H2,1-5H3,(H,21,23)/t12-,13+,18+/m0/s1. The van der Waals surface area contributed by atoms with E-state index in [9.17, 15) is 9.59 Å². The van der Waals surface area contributed by atoms with E-state index in [1.807, 2.05) is 6.92 Å². The zero-order valence-corrected chi connectivity index (χ0v) is 16.2. The Bertz CT molecular complexity index is 650. The number of likely N-dealkylation sites (N-methyl/N-ethyl adjacent to an activating group) is 1. The van der Waals surface area contributed by atoms with E-state index in [-0.39, 0.29) is 29.9 Å². The molecule has 1 heterocycles. The first kappa shape index (κ1) is 20.2. The summed E-state index contributed by atoms with van der Waals surface area (Å²) in [6, 6.07) is 5.24. The summed E-state index contributed by atoms with van der Waals surface area (Å²) in [5.74, 6) is 0.392. The van der Waals surface area contributed by atoms with Crippen LogP contribution in [0.3, 0.4) is 0 Å². The van der Waals surface area contributed by atoms with Crippen molar-refractivity contribution in [3.8, 4) is 5.75 Å². The highest BCUT2D eigenvalue weighted by atomic mass is 16.5. The second-order valence-corrected chi connectivity index (χ2v) is 6.95. The number of amides is 2. The van der Waals surface area contributed by atoms with Crippen molar-refractivity contribution in [1.82, 2.24) is 10.2 Å². The van der Waals surface area contributed by atoms with E-state index in [1.54, 1.807) is 37.3 Å². The average Bonchev–Trinajstić information content (AvgIpc) is 2.60. The monoisotopic (exact) mass is 363 g/mol. The summed E-state index contributed by atoms with van der Waals surface area (Å²) in [5, 5.41) is 6.15. The van der Waals surface area contributed by atoms with E-state index in [4.69, 9.17) is 9.47 Å². The van der Waals surface area contributed by atoms with E-state index < -0.39 is 0 Å². The van der Waals surface area contributed by atoms with Crippen molar-refractivity contribution in [1.29, 1.82) is 0 Å². The van der Waals surface area contributed by atoms with Crippen LogP contribution in [0.4, 0.5) is 5.69 Å². The van der Waals surface area contributed by atoms with Gasteiger partial charge in [-0.3, -0.25) is 9.59 Å². The number of nitrogens with one attached hydrogen (secondary N) is 2. The molecule has 144 valence electrons. The maximum absolute atomic E-state index is 13.0. The molecule has 0 aliphatic carbocycles. The predicted octanol–water partition coefficient (Wildman–Crippen LogP) is 1.74. The van der Waals surface area contributed by atoms with Gasteiger partial charge < -0.3 is 25.0 Å². The Hall–Kier alpha value is -2.12. The molecule has 1 aromatic carbocycles. The van der Waals surface area contributed by atoms with Crippen LogP contribution in [-0.2, 0) is 9.53 Å². The van der Waals surface area contributed by atoms with Crippen LogP contribution in [0.5, 0.6) is 5.75 Å². The zero-order valence-electron chi connectivity index (χ0n) is 16.2. The Balaban J connectivity index is 2.37. The number of methoxy groups -OCH3 is 1. The van der Waals surface area contributed by atoms with Gasteiger partial charge in [-0.1, -0.05) is 6.92 Å². The van der Waals surface area contributed by atoms with Crippen LogP contribution in [0.1, 0.15) is 31.1 Å². The number of fused-ring (bicyclic) bond motifs is 1. The Morgan fingerprint density at radius 3 is 2.77 bits per heavy atom. The molecule has 0 spiro atoms. The topological polar surface area (TPSA) is 79.9 Å². The van der Waals surface area contributed by atoms with E-state index >= 15 is 0 Å². The lowest BCUT2D eigenvalue weighted by Crippen LogP contribution is -2.44. The normalized spacial score (nSPS) is 24.7. The summed E-state index contributed by atoms with van der Waals surface area (Å²) in [4.78, 5) is 26.0. The third-order valence-corrected chi connectivity index (χ3v) is 4.55. The van der Waals surface area contributed by atoms with Gasteiger partial charge in [-0.2, -0.15) is 0 Å². The van der Waals surface area contributed by atoms with Crippen molar-refractivity contribution < 1.29 is 19.1 Å². The minimum Gasteiger partial charge on any atom is -0.491 e. The fraction of sp³-hybridized carbons (Fsp3) is 0.579. The number of hydrogen-bond acceptors (Lipinski definition) is 5.